The van der Waals surface area contributed by atoms with Crippen molar-refractivity contribution >= 4 is 27.5 Å². The van der Waals surface area contributed by atoms with Gasteiger partial charge in [0.2, 0.25) is 0 Å². The Kier molecular flexibility index (Phi) is 3.97. The first-order valence-electron chi connectivity index (χ1n) is 6.93. The topological polar surface area (TPSA) is 29.5 Å². The normalized spacial score (nSPS) is 16.7. The SMILES string of the molecule is C[C@H]1Cc2ccccc2N1C(=O)COc1ccc(Br)cc1. The smallest absolute Gasteiger partial charge is 0.265 e. The molecule has 108 valence electrons. The Morgan fingerprint density at radius 1 is 1.24 bits per heavy atom. The Morgan fingerprint density at radius 2 is 1.95 bits per heavy atom. The second-order valence-corrected chi connectivity index (χ2v) is 6.10. The summed E-state index contributed by atoms with van der Waals surface area (Å²) >= 11 is 3.37. The van der Waals surface area contributed by atoms with Gasteiger partial charge in [0.1, 0.15) is 5.75 Å². The third kappa shape index (κ3) is 2.95. The van der Waals surface area contributed by atoms with Crippen LogP contribution in [0.25, 0.3) is 0 Å². The lowest BCUT2D eigenvalue weighted by Gasteiger charge is -2.22. The van der Waals surface area contributed by atoms with E-state index in [4.69, 9.17) is 4.74 Å². The molecule has 3 rings (SSSR count). The van der Waals surface area contributed by atoms with E-state index in [1.165, 1.54) is 5.56 Å². The highest BCUT2D eigenvalue weighted by molar-refractivity contribution is 9.10. The van der Waals surface area contributed by atoms with Gasteiger partial charge in [0.05, 0.1) is 0 Å². The van der Waals surface area contributed by atoms with Crippen LogP contribution in [0.15, 0.2) is 53.0 Å². The van der Waals surface area contributed by atoms with Gasteiger partial charge >= 0.3 is 0 Å². The first kappa shape index (κ1) is 14.1. The van der Waals surface area contributed by atoms with Crippen LogP contribution in [0.5, 0.6) is 5.75 Å². The Morgan fingerprint density at radius 3 is 2.71 bits per heavy atom. The second-order valence-electron chi connectivity index (χ2n) is 5.19. The molecule has 0 spiro atoms. The number of hydrogen-bond donors (Lipinski definition) is 0. The molecule has 1 heterocycles. The fourth-order valence-corrected chi connectivity index (χ4v) is 2.96. The van der Waals surface area contributed by atoms with Crippen LogP contribution < -0.4 is 9.64 Å². The fraction of sp³-hybridized carbons (Fsp3) is 0.235. The number of ether oxygens (including phenoxy) is 1. The van der Waals surface area contributed by atoms with E-state index in [-0.39, 0.29) is 18.6 Å². The van der Waals surface area contributed by atoms with Gasteiger partial charge in [-0.1, -0.05) is 34.1 Å². The van der Waals surface area contributed by atoms with Crippen LogP contribution in [0.1, 0.15) is 12.5 Å². The average Bonchev–Trinajstić information content (AvgIpc) is 2.82. The maximum absolute atomic E-state index is 12.5. The predicted octanol–water partition coefficient (Wildman–Crippen LogP) is 3.81. The third-order valence-corrected chi connectivity index (χ3v) is 4.18. The molecule has 1 amide bonds. The number of amides is 1. The van der Waals surface area contributed by atoms with Crippen molar-refractivity contribution in [2.24, 2.45) is 0 Å². The zero-order chi connectivity index (χ0) is 14.8. The maximum Gasteiger partial charge on any atom is 0.265 e. The minimum absolute atomic E-state index is 0.00429. The minimum Gasteiger partial charge on any atom is -0.484 e. The molecule has 4 heteroatoms. The van der Waals surface area contributed by atoms with Crippen LogP contribution in [-0.4, -0.2) is 18.6 Å². The Balaban J connectivity index is 1.70. The summed E-state index contributed by atoms with van der Waals surface area (Å²) in [5, 5.41) is 0. The maximum atomic E-state index is 12.5. The molecule has 3 nitrogen and oxygen atoms in total. The molecular formula is C17H16BrNO2. The highest BCUT2D eigenvalue weighted by Gasteiger charge is 2.30. The number of hydrogen-bond acceptors (Lipinski definition) is 2. The minimum atomic E-state index is -0.00429. The number of para-hydroxylation sites is 1. The van der Waals surface area contributed by atoms with E-state index in [1.54, 1.807) is 0 Å². The molecule has 2 aromatic carbocycles. The summed E-state index contributed by atoms with van der Waals surface area (Å²) in [5.74, 6) is 0.696. The quantitative estimate of drug-likeness (QED) is 0.846. The van der Waals surface area contributed by atoms with Crippen molar-refractivity contribution in [1.29, 1.82) is 0 Å². The van der Waals surface area contributed by atoms with Crippen LogP contribution >= 0.6 is 15.9 Å². The van der Waals surface area contributed by atoms with E-state index in [0.717, 1.165) is 16.6 Å². The van der Waals surface area contributed by atoms with Crippen molar-refractivity contribution in [3.05, 3.63) is 58.6 Å². The number of carbonyl (C=O) groups excluding carboxylic acids is 1. The summed E-state index contributed by atoms with van der Waals surface area (Å²) in [6.45, 7) is 2.12. The van der Waals surface area contributed by atoms with Gasteiger partial charge in [-0.2, -0.15) is 0 Å². The summed E-state index contributed by atoms with van der Waals surface area (Å²) in [6.07, 6.45) is 0.903. The fourth-order valence-electron chi connectivity index (χ4n) is 2.69. The second kappa shape index (κ2) is 5.90. The predicted molar refractivity (Wildman–Crippen MR) is 86.7 cm³/mol. The molecule has 0 fully saturated rings. The number of halogens is 1. The van der Waals surface area contributed by atoms with E-state index in [1.807, 2.05) is 47.4 Å². The number of rotatable bonds is 3. The van der Waals surface area contributed by atoms with Gasteiger partial charge in [-0.05, 0) is 49.2 Å². The number of fused-ring (bicyclic) bond motifs is 1. The number of benzene rings is 2. The van der Waals surface area contributed by atoms with Crippen LogP contribution in [0.3, 0.4) is 0 Å². The summed E-state index contributed by atoms with van der Waals surface area (Å²) in [6, 6.07) is 15.7. The standard InChI is InChI=1S/C17H16BrNO2/c1-12-10-13-4-2-3-5-16(13)19(12)17(20)11-21-15-8-6-14(18)7-9-15/h2-9,12H,10-11H2,1H3/t12-/m0/s1. The number of nitrogens with zero attached hydrogens (tertiary/aromatic N) is 1. The molecule has 0 saturated carbocycles. The molecule has 0 radical (unpaired) electrons. The van der Waals surface area contributed by atoms with E-state index in [9.17, 15) is 4.79 Å². The van der Waals surface area contributed by atoms with Crippen LogP contribution in [0, 0.1) is 0 Å². The van der Waals surface area contributed by atoms with Crippen LogP contribution in [-0.2, 0) is 11.2 Å². The highest BCUT2D eigenvalue weighted by Crippen LogP contribution is 2.31. The lowest BCUT2D eigenvalue weighted by molar-refractivity contribution is -0.120. The van der Waals surface area contributed by atoms with Crippen molar-refractivity contribution in [2.75, 3.05) is 11.5 Å². The van der Waals surface area contributed by atoms with Gasteiger partial charge in [0, 0.05) is 16.2 Å². The van der Waals surface area contributed by atoms with E-state index < -0.39 is 0 Å². The molecule has 0 bridgehead atoms. The summed E-state index contributed by atoms with van der Waals surface area (Å²) in [5.41, 5.74) is 2.23. The Bertz CT molecular complexity index is 654. The zero-order valence-electron chi connectivity index (χ0n) is 11.8. The van der Waals surface area contributed by atoms with Gasteiger partial charge in [0.15, 0.2) is 6.61 Å². The van der Waals surface area contributed by atoms with E-state index in [2.05, 4.69) is 28.9 Å². The van der Waals surface area contributed by atoms with Crippen molar-refractivity contribution in [2.45, 2.75) is 19.4 Å². The Labute approximate surface area is 132 Å². The van der Waals surface area contributed by atoms with Gasteiger partial charge in [-0.15, -0.1) is 0 Å². The highest BCUT2D eigenvalue weighted by atomic mass is 79.9. The molecule has 0 saturated heterocycles. The number of carbonyl (C=O) groups is 1. The lowest BCUT2D eigenvalue weighted by atomic mass is 10.1. The molecule has 1 aliphatic rings. The molecule has 1 aliphatic heterocycles. The van der Waals surface area contributed by atoms with Crippen LogP contribution in [0.4, 0.5) is 5.69 Å². The summed E-state index contributed by atoms with van der Waals surface area (Å²) in [4.78, 5) is 14.3. The first-order chi connectivity index (χ1) is 10.1. The zero-order valence-corrected chi connectivity index (χ0v) is 13.3. The Hall–Kier alpha value is -1.81. The molecular weight excluding hydrogens is 330 g/mol. The van der Waals surface area contributed by atoms with E-state index >= 15 is 0 Å². The lowest BCUT2D eigenvalue weighted by Crippen LogP contribution is -2.39. The van der Waals surface area contributed by atoms with Gasteiger partial charge in [-0.25, -0.2) is 0 Å². The molecule has 0 aliphatic carbocycles. The summed E-state index contributed by atoms with van der Waals surface area (Å²) < 4.78 is 6.58. The van der Waals surface area contributed by atoms with E-state index in [0.29, 0.717) is 5.75 Å². The summed E-state index contributed by atoms with van der Waals surface area (Å²) in [7, 11) is 0. The molecule has 0 N–H and O–H groups in total. The van der Waals surface area contributed by atoms with Crippen molar-refractivity contribution in [1.82, 2.24) is 0 Å². The molecule has 21 heavy (non-hydrogen) atoms. The van der Waals surface area contributed by atoms with Crippen molar-refractivity contribution in [3.8, 4) is 5.75 Å². The number of anilines is 1. The molecule has 0 aromatic heterocycles. The van der Waals surface area contributed by atoms with Crippen LogP contribution in [0.2, 0.25) is 0 Å². The van der Waals surface area contributed by atoms with Crippen molar-refractivity contribution in [3.63, 3.8) is 0 Å². The van der Waals surface area contributed by atoms with Crippen molar-refractivity contribution < 1.29 is 9.53 Å². The molecule has 0 unspecified atom stereocenters. The largest absolute Gasteiger partial charge is 0.484 e. The van der Waals surface area contributed by atoms with Gasteiger partial charge in [0.25, 0.3) is 5.91 Å². The molecule has 2 aromatic rings. The third-order valence-electron chi connectivity index (χ3n) is 3.65. The van der Waals surface area contributed by atoms with Gasteiger partial charge in [-0.3, -0.25) is 4.79 Å². The average molecular weight is 346 g/mol. The first-order valence-corrected chi connectivity index (χ1v) is 7.73. The molecule has 1 atom stereocenters. The monoisotopic (exact) mass is 345 g/mol. The van der Waals surface area contributed by atoms with Gasteiger partial charge < -0.3 is 9.64 Å².